The fraction of sp³-hybridized carbons (Fsp3) is 0.0833. The van der Waals surface area contributed by atoms with Gasteiger partial charge in [0, 0.05) is 5.39 Å². The monoisotopic (exact) mass is 200 g/mol. The minimum atomic E-state index is 0.478. The Morgan fingerprint density at radius 1 is 1.13 bits per heavy atom. The Hall–Kier alpha value is -1.87. The van der Waals surface area contributed by atoms with E-state index in [0.29, 0.717) is 5.84 Å². The van der Waals surface area contributed by atoms with Crippen LogP contribution < -0.4 is 5.48 Å². The Balaban J connectivity index is 2.61. The number of benzene rings is 2. The summed E-state index contributed by atoms with van der Waals surface area (Å²) in [5.74, 6) is 0.478. The molecule has 0 spiro atoms. The molecule has 2 aromatic rings. The summed E-state index contributed by atoms with van der Waals surface area (Å²) >= 11 is 0. The van der Waals surface area contributed by atoms with Gasteiger partial charge in [-0.15, -0.1) is 0 Å². The highest BCUT2D eigenvalue weighted by Crippen LogP contribution is 2.25. The number of fused-ring (bicyclic) bond motifs is 1. The van der Waals surface area contributed by atoms with Crippen molar-refractivity contribution in [1.29, 1.82) is 0 Å². The van der Waals surface area contributed by atoms with Gasteiger partial charge in [-0.25, -0.2) is 4.99 Å². The highest BCUT2D eigenvalue weighted by atomic mass is 16.5. The highest BCUT2D eigenvalue weighted by Gasteiger charge is 1.98. The van der Waals surface area contributed by atoms with Crippen molar-refractivity contribution in [2.24, 2.45) is 4.99 Å². The fourth-order valence-electron chi connectivity index (χ4n) is 1.51. The molecule has 0 heterocycles. The van der Waals surface area contributed by atoms with Gasteiger partial charge in [0.15, 0.2) is 0 Å². The summed E-state index contributed by atoms with van der Waals surface area (Å²) in [5, 5.41) is 10.9. The first-order valence-electron chi connectivity index (χ1n) is 4.74. The van der Waals surface area contributed by atoms with E-state index < -0.39 is 0 Å². The number of rotatable bonds is 1. The summed E-state index contributed by atoms with van der Waals surface area (Å²) in [6.45, 7) is 1.71. The van der Waals surface area contributed by atoms with Crippen molar-refractivity contribution in [3.05, 3.63) is 42.5 Å². The number of nitrogens with zero attached hydrogens (tertiary/aromatic N) is 1. The van der Waals surface area contributed by atoms with Gasteiger partial charge in [0.1, 0.15) is 5.84 Å². The molecule has 15 heavy (non-hydrogen) atoms. The first-order valence-corrected chi connectivity index (χ1v) is 4.74. The number of hydroxylamine groups is 1. The molecule has 3 nitrogen and oxygen atoms in total. The number of aliphatic imine (C=N–C) groups is 1. The summed E-state index contributed by atoms with van der Waals surface area (Å²) in [6.07, 6.45) is 0. The molecule has 0 saturated heterocycles. The van der Waals surface area contributed by atoms with Crippen LogP contribution in [0.3, 0.4) is 0 Å². The van der Waals surface area contributed by atoms with E-state index >= 15 is 0 Å². The smallest absolute Gasteiger partial charge is 0.123 e. The van der Waals surface area contributed by atoms with Gasteiger partial charge >= 0.3 is 0 Å². The van der Waals surface area contributed by atoms with Crippen LogP contribution in [0.4, 0.5) is 5.69 Å². The predicted octanol–water partition coefficient (Wildman–Crippen LogP) is 2.87. The van der Waals surface area contributed by atoms with E-state index in [1.807, 2.05) is 47.9 Å². The Labute approximate surface area is 88.0 Å². The number of hydrogen-bond acceptors (Lipinski definition) is 2. The van der Waals surface area contributed by atoms with Gasteiger partial charge < -0.3 is 0 Å². The van der Waals surface area contributed by atoms with E-state index in [-0.39, 0.29) is 0 Å². The van der Waals surface area contributed by atoms with Crippen molar-refractivity contribution in [3.8, 4) is 0 Å². The van der Waals surface area contributed by atoms with E-state index in [1.165, 1.54) is 0 Å². The topological polar surface area (TPSA) is 44.6 Å². The standard InChI is InChI=1S/C12H12N2O/c1-9(14-15)13-12-8-4-6-10-5-2-3-7-11(10)12/h2-8,15H,1H3,(H,13,14). The lowest BCUT2D eigenvalue weighted by Gasteiger charge is -2.02. The lowest BCUT2D eigenvalue weighted by atomic mass is 10.1. The molecule has 0 unspecified atom stereocenters. The predicted molar refractivity (Wildman–Crippen MR) is 61.6 cm³/mol. The lowest BCUT2D eigenvalue weighted by molar-refractivity contribution is 0.234. The molecule has 0 aliphatic heterocycles. The second-order valence-electron chi connectivity index (χ2n) is 3.31. The second kappa shape index (κ2) is 4.11. The number of hydrogen-bond donors (Lipinski definition) is 2. The molecule has 0 saturated carbocycles. The fourth-order valence-corrected chi connectivity index (χ4v) is 1.51. The molecule has 0 radical (unpaired) electrons. The van der Waals surface area contributed by atoms with E-state index in [2.05, 4.69) is 4.99 Å². The molecule has 3 heteroatoms. The molecule has 0 amide bonds. The number of nitrogens with one attached hydrogen (secondary N) is 1. The van der Waals surface area contributed by atoms with Crippen LogP contribution in [0.15, 0.2) is 47.5 Å². The first kappa shape index (κ1) is 9.68. The van der Waals surface area contributed by atoms with E-state index in [1.54, 1.807) is 6.92 Å². The third kappa shape index (κ3) is 1.97. The van der Waals surface area contributed by atoms with Crippen molar-refractivity contribution in [2.45, 2.75) is 6.92 Å². The van der Waals surface area contributed by atoms with Crippen LogP contribution in [0, 0.1) is 0 Å². The zero-order chi connectivity index (χ0) is 10.7. The molecule has 0 fully saturated rings. The lowest BCUT2D eigenvalue weighted by Crippen LogP contribution is -2.13. The summed E-state index contributed by atoms with van der Waals surface area (Å²) in [6, 6.07) is 13.9. The molecular formula is C12H12N2O. The maximum Gasteiger partial charge on any atom is 0.123 e. The van der Waals surface area contributed by atoms with Crippen molar-refractivity contribution >= 4 is 22.3 Å². The Kier molecular flexibility index (Phi) is 2.65. The molecule has 0 aliphatic carbocycles. The zero-order valence-corrected chi connectivity index (χ0v) is 8.44. The molecule has 0 bridgehead atoms. The zero-order valence-electron chi connectivity index (χ0n) is 8.44. The van der Waals surface area contributed by atoms with Crippen molar-refractivity contribution < 1.29 is 5.21 Å². The van der Waals surface area contributed by atoms with Gasteiger partial charge in [-0.05, 0) is 18.4 Å². The van der Waals surface area contributed by atoms with E-state index in [0.717, 1.165) is 16.5 Å². The van der Waals surface area contributed by atoms with Crippen molar-refractivity contribution in [1.82, 2.24) is 5.48 Å². The summed E-state index contributed by atoms with van der Waals surface area (Å²) in [5.41, 5.74) is 2.88. The molecule has 2 rings (SSSR count). The first-order chi connectivity index (χ1) is 7.31. The summed E-state index contributed by atoms with van der Waals surface area (Å²) < 4.78 is 0. The molecular weight excluding hydrogens is 188 g/mol. The Bertz CT molecular complexity index is 500. The highest BCUT2D eigenvalue weighted by molar-refractivity contribution is 5.95. The van der Waals surface area contributed by atoms with Crippen LogP contribution in [0.2, 0.25) is 0 Å². The SMILES string of the molecule is CC(=Nc1cccc2ccccc12)NO. The minimum absolute atomic E-state index is 0.478. The molecule has 0 atom stereocenters. The normalized spacial score (nSPS) is 11.7. The van der Waals surface area contributed by atoms with Crippen LogP contribution in [0.25, 0.3) is 10.8 Å². The van der Waals surface area contributed by atoms with Gasteiger partial charge in [-0.1, -0.05) is 36.4 Å². The minimum Gasteiger partial charge on any atom is -0.290 e. The quantitative estimate of drug-likeness (QED) is 0.422. The van der Waals surface area contributed by atoms with Crippen LogP contribution in [0.5, 0.6) is 0 Å². The van der Waals surface area contributed by atoms with Crippen LogP contribution in [0.1, 0.15) is 6.92 Å². The number of amidine groups is 1. The summed E-state index contributed by atoms with van der Waals surface area (Å²) in [4.78, 5) is 4.26. The van der Waals surface area contributed by atoms with E-state index in [4.69, 9.17) is 5.21 Å². The van der Waals surface area contributed by atoms with Gasteiger partial charge in [-0.3, -0.25) is 10.7 Å². The van der Waals surface area contributed by atoms with Crippen LogP contribution in [-0.4, -0.2) is 11.0 Å². The maximum atomic E-state index is 8.69. The Morgan fingerprint density at radius 2 is 1.87 bits per heavy atom. The molecule has 0 aromatic heterocycles. The molecule has 2 N–H and O–H groups in total. The molecule has 0 aliphatic rings. The van der Waals surface area contributed by atoms with Crippen molar-refractivity contribution in [2.75, 3.05) is 0 Å². The maximum absolute atomic E-state index is 8.69. The second-order valence-corrected chi connectivity index (χ2v) is 3.31. The molecule has 2 aromatic carbocycles. The van der Waals surface area contributed by atoms with Crippen molar-refractivity contribution in [3.63, 3.8) is 0 Å². The summed E-state index contributed by atoms with van der Waals surface area (Å²) in [7, 11) is 0. The largest absolute Gasteiger partial charge is 0.290 e. The molecule has 76 valence electrons. The van der Waals surface area contributed by atoms with Crippen LogP contribution >= 0.6 is 0 Å². The van der Waals surface area contributed by atoms with E-state index in [9.17, 15) is 0 Å². The van der Waals surface area contributed by atoms with Gasteiger partial charge in [0.25, 0.3) is 0 Å². The average molecular weight is 200 g/mol. The van der Waals surface area contributed by atoms with Gasteiger partial charge in [0.05, 0.1) is 5.69 Å². The van der Waals surface area contributed by atoms with Gasteiger partial charge in [-0.2, -0.15) is 0 Å². The van der Waals surface area contributed by atoms with Crippen LogP contribution in [-0.2, 0) is 0 Å². The third-order valence-electron chi connectivity index (χ3n) is 2.22. The van der Waals surface area contributed by atoms with Gasteiger partial charge in [0.2, 0.25) is 0 Å². The average Bonchev–Trinajstić information content (AvgIpc) is 2.29. The third-order valence-corrected chi connectivity index (χ3v) is 2.22. The Morgan fingerprint density at radius 3 is 2.67 bits per heavy atom.